The van der Waals surface area contributed by atoms with Gasteiger partial charge in [0.2, 0.25) is 0 Å². The van der Waals surface area contributed by atoms with Crippen molar-refractivity contribution < 1.29 is 5.11 Å². The monoisotopic (exact) mass is 258 g/mol. The predicted molar refractivity (Wildman–Crippen MR) is 66.5 cm³/mol. The number of halogens is 2. The standard InChI is InChI=1S/C12H14Cl2NO/c13-11-6-3-9(7-12(11)14)15-8-1-4-10(16)5-2-8/h3,6-8,10,16H,1-2,4-5H2/t8-,10-. The van der Waals surface area contributed by atoms with Crippen LogP contribution in [0.3, 0.4) is 0 Å². The summed E-state index contributed by atoms with van der Waals surface area (Å²) < 4.78 is 0. The fourth-order valence-electron chi connectivity index (χ4n) is 1.96. The zero-order valence-electron chi connectivity index (χ0n) is 8.87. The fourth-order valence-corrected chi connectivity index (χ4v) is 2.26. The van der Waals surface area contributed by atoms with Gasteiger partial charge in [-0.15, -0.1) is 0 Å². The molecule has 1 radical (unpaired) electrons. The highest BCUT2D eigenvalue weighted by Crippen LogP contribution is 2.27. The molecule has 0 aromatic heterocycles. The number of hydrogen-bond donors (Lipinski definition) is 1. The average molecular weight is 259 g/mol. The van der Waals surface area contributed by atoms with Crippen LogP contribution in [0.25, 0.3) is 0 Å². The molecule has 0 bridgehead atoms. The lowest BCUT2D eigenvalue weighted by atomic mass is 9.93. The minimum atomic E-state index is -0.139. The zero-order valence-corrected chi connectivity index (χ0v) is 10.4. The highest BCUT2D eigenvalue weighted by Gasteiger charge is 2.20. The van der Waals surface area contributed by atoms with E-state index in [4.69, 9.17) is 23.2 Å². The number of benzene rings is 1. The summed E-state index contributed by atoms with van der Waals surface area (Å²) in [4.78, 5) is 0. The van der Waals surface area contributed by atoms with Gasteiger partial charge in [-0.25, -0.2) is 0 Å². The summed E-state index contributed by atoms with van der Waals surface area (Å²) in [5, 5.41) is 15.1. The Balaban J connectivity index is 1.96. The van der Waals surface area contributed by atoms with Crippen LogP contribution in [-0.4, -0.2) is 17.3 Å². The maximum Gasteiger partial charge on any atom is 0.0613 e. The number of aliphatic hydroxyl groups excluding tert-OH is 1. The first-order valence-electron chi connectivity index (χ1n) is 5.49. The van der Waals surface area contributed by atoms with E-state index >= 15 is 0 Å². The van der Waals surface area contributed by atoms with Crippen molar-refractivity contribution in [2.24, 2.45) is 0 Å². The second-order valence-electron chi connectivity index (χ2n) is 4.19. The summed E-state index contributed by atoms with van der Waals surface area (Å²) in [6, 6.07) is 5.73. The summed E-state index contributed by atoms with van der Waals surface area (Å²) in [6.45, 7) is 0. The Labute approximate surface area is 106 Å². The fraction of sp³-hybridized carbons (Fsp3) is 0.500. The predicted octanol–water partition coefficient (Wildman–Crippen LogP) is 3.53. The van der Waals surface area contributed by atoms with Crippen LogP contribution in [0.15, 0.2) is 18.2 Å². The molecule has 1 N–H and O–H groups in total. The van der Waals surface area contributed by atoms with Crippen LogP contribution in [0.5, 0.6) is 0 Å². The molecular formula is C12H14Cl2NO. The average Bonchev–Trinajstić information content (AvgIpc) is 2.27. The molecule has 2 rings (SSSR count). The lowest BCUT2D eigenvalue weighted by Crippen LogP contribution is -2.27. The summed E-state index contributed by atoms with van der Waals surface area (Å²) in [6.07, 6.45) is 3.44. The Hall–Kier alpha value is -0.440. The van der Waals surface area contributed by atoms with Crippen LogP contribution in [-0.2, 0) is 0 Å². The van der Waals surface area contributed by atoms with E-state index in [-0.39, 0.29) is 6.10 Å². The molecule has 4 heteroatoms. The van der Waals surface area contributed by atoms with Crippen molar-refractivity contribution in [3.8, 4) is 0 Å². The third-order valence-corrected chi connectivity index (χ3v) is 3.64. The van der Waals surface area contributed by atoms with Crippen LogP contribution in [0.4, 0.5) is 5.69 Å². The minimum Gasteiger partial charge on any atom is -0.393 e. The van der Waals surface area contributed by atoms with Crippen LogP contribution in [0, 0.1) is 0 Å². The maximum atomic E-state index is 9.39. The first-order valence-corrected chi connectivity index (χ1v) is 6.24. The Bertz CT molecular complexity index is 362. The molecule has 1 aliphatic carbocycles. The molecule has 0 unspecified atom stereocenters. The van der Waals surface area contributed by atoms with Crippen LogP contribution < -0.4 is 5.32 Å². The highest BCUT2D eigenvalue weighted by molar-refractivity contribution is 6.42. The van der Waals surface area contributed by atoms with Gasteiger partial charge in [0.25, 0.3) is 0 Å². The molecule has 1 saturated carbocycles. The lowest BCUT2D eigenvalue weighted by molar-refractivity contribution is 0.119. The molecule has 1 aromatic carbocycles. The van der Waals surface area contributed by atoms with Crippen molar-refractivity contribution in [1.82, 2.24) is 5.32 Å². The van der Waals surface area contributed by atoms with Gasteiger partial charge in [-0.1, -0.05) is 23.2 Å². The van der Waals surface area contributed by atoms with E-state index < -0.39 is 0 Å². The van der Waals surface area contributed by atoms with E-state index in [1.165, 1.54) is 0 Å². The summed E-state index contributed by atoms with van der Waals surface area (Å²) in [5.74, 6) is 0. The normalized spacial score (nSPS) is 25.4. The van der Waals surface area contributed by atoms with Crippen LogP contribution in [0.1, 0.15) is 25.7 Å². The van der Waals surface area contributed by atoms with Gasteiger partial charge >= 0.3 is 0 Å². The van der Waals surface area contributed by atoms with Gasteiger partial charge in [0.05, 0.1) is 27.9 Å². The zero-order chi connectivity index (χ0) is 11.5. The van der Waals surface area contributed by atoms with Crippen molar-refractivity contribution in [1.29, 1.82) is 0 Å². The van der Waals surface area contributed by atoms with Crippen molar-refractivity contribution in [3.05, 3.63) is 28.2 Å². The third-order valence-electron chi connectivity index (χ3n) is 2.90. The molecule has 87 valence electrons. The van der Waals surface area contributed by atoms with Crippen molar-refractivity contribution in [2.45, 2.75) is 37.8 Å². The third kappa shape index (κ3) is 3.03. The van der Waals surface area contributed by atoms with Crippen molar-refractivity contribution in [2.75, 3.05) is 0 Å². The smallest absolute Gasteiger partial charge is 0.0613 e. The first-order chi connectivity index (χ1) is 7.65. The maximum absolute atomic E-state index is 9.39. The van der Waals surface area contributed by atoms with Crippen LogP contribution in [0.2, 0.25) is 10.0 Å². The van der Waals surface area contributed by atoms with Gasteiger partial charge in [-0.2, -0.15) is 0 Å². The van der Waals surface area contributed by atoms with Crippen LogP contribution >= 0.6 is 23.2 Å². The molecule has 0 spiro atoms. The quantitative estimate of drug-likeness (QED) is 0.866. The Morgan fingerprint density at radius 1 is 1.06 bits per heavy atom. The van der Waals surface area contributed by atoms with E-state index in [0.29, 0.717) is 16.1 Å². The van der Waals surface area contributed by atoms with Gasteiger partial charge in [-0.3, -0.25) is 5.32 Å². The molecule has 0 aliphatic heterocycles. The lowest BCUT2D eigenvalue weighted by Gasteiger charge is -2.25. The van der Waals surface area contributed by atoms with Gasteiger partial charge < -0.3 is 5.11 Å². The summed E-state index contributed by atoms with van der Waals surface area (Å²) in [7, 11) is 0. The molecule has 0 atom stereocenters. The highest BCUT2D eigenvalue weighted by atomic mass is 35.5. The molecule has 1 fully saturated rings. The summed E-state index contributed by atoms with van der Waals surface area (Å²) in [5.41, 5.74) is 0.871. The SMILES string of the molecule is O[C@H]1CC[C@H]([N]c2ccc(Cl)c(Cl)c2)CC1. The van der Waals surface area contributed by atoms with Gasteiger partial charge in [0.1, 0.15) is 0 Å². The van der Waals surface area contributed by atoms with E-state index in [9.17, 15) is 5.11 Å². The molecule has 0 amide bonds. The van der Waals surface area contributed by atoms with Gasteiger partial charge in [0, 0.05) is 0 Å². The molecule has 16 heavy (non-hydrogen) atoms. The molecule has 1 aliphatic rings. The number of aliphatic hydroxyl groups is 1. The van der Waals surface area contributed by atoms with E-state index in [2.05, 4.69) is 5.32 Å². The summed E-state index contributed by atoms with van der Waals surface area (Å²) >= 11 is 11.8. The number of hydrogen-bond acceptors (Lipinski definition) is 1. The van der Waals surface area contributed by atoms with E-state index in [1.807, 2.05) is 6.07 Å². The van der Waals surface area contributed by atoms with E-state index in [0.717, 1.165) is 31.4 Å². The molecule has 2 nitrogen and oxygen atoms in total. The Morgan fingerprint density at radius 3 is 2.38 bits per heavy atom. The van der Waals surface area contributed by atoms with Gasteiger partial charge in [0.15, 0.2) is 0 Å². The largest absolute Gasteiger partial charge is 0.393 e. The second kappa shape index (κ2) is 5.26. The number of rotatable bonds is 2. The Kier molecular flexibility index (Phi) is 3.95. The number of nitrogens with zero attached hydrogens (tertiary/aromatic N) is 1. The molecular weight excluding hydrogens is 245 g/mol. The van der Waals surface area contributed by atoms with Gasteiger partial charge in [-0.05, 0) is 43.9 Å². The Morgan fingerprint density at radius 2 is 1.75 bits per heavy atom. The topological polar surface area (TPSA) is 34.3 Å². The second-order valence-corrected chi connectivity index (χ2v) is 5.00. The molecule has 0 heterocycles. The first kappa shape index (κ1) is 12.0. The van der Waals surface area contributed by atoms with Crippen molar-refractivity contribution in [3.63, 3.8) is 0 Å². The van der Waals surface area contributed by atoms with Crippen molar-refractivity contribution >= 4 is 28.9 Å². The van der Waals surface area contributed by atoms with E-state index in [1.54, 1.807) is 12.1 Å². The molecule has 1 aromatic rings. The minimum absolute atomic E-state index is 0.139. The molecule has 0 saturated heterocycles.